The van der Waals surface area contributed by atoms with Gasteiger partial charge >= 0.3 is 5.97 Å². The van der Waals surface area contributed by atoms with Crippen molar-refractivity contribution in [3.63, 3.8) is 0 Å². The smallest absolute Gasteiger partial charge is 0.306 e. The minimum atomic E-state index is -1.76. The summed E-state index contributed by atoms with van der Waals surface area (Å²) in [6.07, 6.45) is 8.50. The average Bonchev–Trinajstić information content (AvgIpc) is 2.44. The second-order valence-corrected chi connectivity index (χ2v) is 5.00. The Kier molecular flexibility index (Phi) is 6.93. The van der Waals surface area contributed by atoms with Crippen LogP contribution in [0.1, 0.15) is 46.0 Å². The number of hydrogen-bond acceptors (Lipinski definition) is 3. The van der Waals surface area contributed by atoms with Gasteiger partial charge in [-0.15, -0.1) is 0 Å². The van der Waals surface area contributed by atoms with Gasteiger partial charge in [0.25, 0.3) is 0 Å². The van der Waals surface area contributed by atoms with E-state index in [0.717, 1.165) is 24.8 Å². The molecule has 0 bridgehead atoms. The highest BCUT2D eigenvalue weighted by molar-refractivity contribution is 5.69. The summed E-state index contributed by atoms with van der Waals surface area (Å²) in [5.74, 6) is -2.31. The van der Waals surface area contributed by atoms with E-state index in [1.165, 1.54) is 13.2 Å². The Labute approximate surface area is 120 Å². The van der Waals surface area contributed by atoms with E-state index in [2.05, 4.69) is 6.92 Å². The molecule has 2 atom stereocenters. The molecule has 114 valence electrons. The molecule has 4 heteroatoms. The van der Waals surface area contributed by atoms with Crippen molar-refractivity contribution in [2.24, 2.45) is 5.92 Å². The predicted octanol–water partition coefficient (Wildman–Crippen LogP) is 3.94. The normalized spacial score (nSPS) is 25.4. The van der Waals surface area contributed by atoms with E-state index in [0.29, 0.717) is 13.0 Å². The molecule has 0 aromatic rings. The zero-order chi connectivity index (χ0) is 15.0. The molecule has 0 heterocycles. The summed E-state index contributed by atoms with van der Waals surface area (Å²) < 4.78 is 24.7. The van der Waals surface area contributed by atoms with E-state index in [9.17, 15) is 9.18 Å². The number of carbonyl (C=O) groups excluding carboxylic acids is 1. The Bertz CT molecular complexity index is 376. The number of halogens is 1. The number of esters is 1. The highest BCUT2D eigenvalue weighted by Crippen LogP contribution is 2.39. The molecule has 3 nitrogen and oxygen atoms in total. The lowest BCUT2D eigenvalue weighted by atomic mass is 9.81. The summed E-state index contributed by atoms with van der Waals surface area (Å²) in [6.45, 7) is 4.23. The Morgan fingerprint density at radius 2 is 2.20 bits per heavy atom. The highest BCUT2D eigenvalue weighted by Gasteiger charge is 2.40. The monoisotopic (exact) mass is 284 g/mol. The first kappa shape index (κ1) is 16.9. The SMILES string of the molecule is CCCCC1C(CCC(=O)OCC)=CC=CC1(F)OC. The number of ether oxygens (including phenoxy) is 2. The first-order chi connectivity index (χ1) is 9.57. The number of rotatable bonds is 8. The van der Waals surface area contributed by atoms with E-state index >= 15 is 0 Å². The molecule has 0 radical (unpaired) electrons. The van der Waals surface area contributed by atoms with Crippen LogP contribution in [-0.2, 0) is 14.3 Å². The minimum absolute atomic E-state index is 0.237. The van der Waals surface area contributed by atoms with Gasteiger partial charge in [-0.3, -0.25) is 4.79 Å². The quantitative estimate of drug-likeness (QED) is 0.633. The fourth-order valence-corrected chi connectivity index (χ4v) is 2.53. The molecule has 0 fully saturated rings. The maximum absolute atomic E-state index is 14.7. The van der Waals surface area contributed by atoms with Gasteiger partial charge in [-0.2, -0.15) is 0 Å². The maximum atomic E-state index is 14.7. The van der Waals surface area contributed by atoms with E-state index in [1.807, 2.05) is 6.08 Å². The van der Waals surface area contributed by atoms with Crippen LogP contribution in [0.15, 0.2) is 23.8 Å². The van der Waals surface area contributed by atoms with E-state index in [-0.39, 0.29) is 18.3 Å². The number of carbonyl (C=O) groups is 1. The molecule has 0 saturated heterocycles. The molecule has 0 aromatic heterocycles. The van der Waals surface area contributed by atoms with Crippen LogP contribution in [0.5, 0.6) is 0 Å². The fraction of sp³-hybridized carbons (Fsp3) is 0.688. The van der Waals surface area contributed by atoms with Crippen LogP contribution in [0.4, 0.5) is 4.39 Å². The zero-order valence-electron chi connectivity index (χ0n) is 12.7. The molecule has 1 aliphatic rings. The fourth-order valence-electron chi connectivity index (χ4n) is 2.53. The van der Waals surface area contributed by atoms with Crippen LogP contribution < -0.4 is 0 Å². The van der Waals surface area contributed by atoms with E-state index in [4.69, 9.17) is 9.47 Å². The van der Waals surface area contributed by atoms with Crippen molar-refractivity contribution in [1.82, 2.24) is 0 Å². The van der Waals surface area contributed by atoms with Crippen LogP contribution in [-0.4, -0.2) is 25.5 Å². The van der Waals surface area contributed by atoms with Crippen LogP contribution in [0.25, 0.3) is 0 Å². The third-order valence-electron chi connectivity index (χ3n) is 3.64. The molecule has 20 heavy (non-hydrogen) atoms. The molecular weight excluding hydrogens is 259 g/mol. The van der Waals surface area contributed by atoms with Crippen LogP contribution in [0.2, 0.25) is 0 Å². The lowest BCUT2D eigenvalue weighted by Crippen LogP contribution is -2.36. The standard InChI is InChI=1S/C16H25FO3/c1-4-6-9-14-13(10-11-15(18)20-5-2)8-7-12-16(14,17)19-3/h7-8,12,14H,4-6,9-11H2,1-3H3. The summed E-state index contributed by atoms with van der Waals surface area (Å²) in [7, 11) is 1.39. The largest absolute Gasteiger partial charge is 0.466 e. The third-order valence-corrected chi connectivity index (χ3v) is 3.64. The Hall–Kier alpha value is -1.16. The van der Waals surface area contributed by atoms with Gasteiger partial charge in [0.1, 0.15) is 0 Å². The predicted molar refractivity (Wildman–Crippen MR) is 77.0 cm³/mol. The molecule has 0 aromatic carbocycles. The van der Waals surface area contributed by atoms with Crippen LogP contribution >= 0.6 is 0 Å². The molecule has 2 unspecified atom stereocenters. The van der Waals surface area contributed by atoms with Gasteiger partial charge in [-0.1, -0.05) is 37.5 Å². The summed E-state index contributed by atoms with van der Waals surface area (Å²) in [6, 6.07) is 0. The van der Waals surface area contributed by atoms with Crippen LogP contribution in [0.3, 0.4) is 0 Å². The lowest BCUT2D eigenvalue weighted by molar-refractivity contribution is -0.143. The van der Waals surface area contributed by atoms with Crippen molar-refractivity contribution in [3.05, 3.63) is 23.8 Å². The first-order valence-electron chi connectivity index (χ1n) is 7.35. The number of methoxy groups -OCH3 is 1. The lowest BCUT2D eigenvalue weighted by Gasteiger charge is -2.34. The Morgan fingerprint density at radius 3 is 2.80 bits per heavy atom. The molecule has 0 saturated carbocycles. The first-order valence-corrected chi connectivity index (χ1v) is 7.35. The number of allylic oxidation sites excluding steroid dienone is 2. The van der Waals surface area contributed by atoms with Gasteiger partial charge in [0, 0.05) is 19.4 Å². The van der Waals surface area contributed by atoms with Crippen LogP contribution in [0, 0.1) is 5.92 Å². The van der Waals surface area contributed by atoms with E-state index < -0.39 is 5.85 Å². The summed E-state index contributed by atoms with van der Waals surface area (Å²) in [5, 5.41) is 0. The highest BCUT2D eigenvalue weighted by atomic mass is 19.2. The summed E-state index contributed by atoms with van der Waals surface area (Å²) >= 11 is 0. The van der Waals surface area contributed by atoms with Crippen molar-refractivity contribution in [2.75, 3.05) is 13.7 Å². The van der Waals surface area contributed by atoms with E-state index in [1.54, 1.807) is 13.0 Å². The summed E-state index contributed by atoms with van der Waals surface area (Å²) in [4.78, 5) is 11.4. The van der Waals surface area contributed by atoms with Crippen molar-refractivity contribution < 1.29 is 18.7 Å². The van der Waals surface area contributed by atoms with Gasteiger partial charge < -0.3 is 9.47 Å². The van der Waals surface area contributed by atoms with Crippen molar-refractivity contribution in [2.45, 2.75) is 51.8 Å². The zero-order valence-corrected chi connectivity index (χ0v) is 12.7. The maximum Gasteiger partial charge on any atom is 0.306 e. The van der Waals surface area contributed by atoms with Crippen molar-refractivity contribution in [1.29, 1.82) is 0 Å². The average molecular weight is 284 g/mol. The second kappa shape index (κ2) is 8.20. The van der Waals surface area contributed by atoms with Gasteiger partial charge in [-0.05, 0) is 25.8 Å². The Balaban J connectivity index is 2.72. The molecule has 0 aliphatic heterocycles. The Morgan fingerprint density at radius 1 is 1.45 bits per heavy atom. The second-order valence-electron chi connectivity index (χ2n) is 5.00. The van der Waals surface area contributed by atoms with Crippen molar-refractivity contribution in [3.8, 4) is 0 Å². The molecule has 1 rings (SSSR count). The molecule has 1 aliphatic carbocycles. The molecule has 0 spiro atoms. The molecule has 0 N–H and O–H groups in total. The number of unbranched alkanes of at least 4 members (excludes halogenated alkanes) is 1. The minimum Gasteiger partial charge on any atom is -0.466 e. The number of alkyl halides is 1. The topological polar surface area (TPSA) is 35.5 Å². The van der Waals surface area contributed by atoms with Gasteiger partial charge in [0.2, 0.25) is 5.85 Å². The van der Waals surface area contributed by atoms with Crippen molar-refractivity contribution >= 4 is 5.97 Å². The molecular formula is C16H25FO3. The van der Waals surface area contributed by atoms with Gasteiger partial charge in [-0.25, -0.2) is 4.39 Å². The summed E-state index contributed by atoms with van der Waals surface area (Å²) in [5.41, 5.74) is 0.929. The van der Waals surface area contributed by atoms with Gasteiger partial charge in [0.05, 0.1) is 6.61 Å². The van der Waals surface area contributed by atoms with Gasteiger partial charge in [0.15, 0.2) is 0 Å². The number of hydrogen-bond donors (Lipinski definition) is 0. The third kappa shape index (κ3) is 4.44. The molecule has 0 amide bonds.